The van der Waals surface area contributed by atoms with E-state index in [0.29, 0.717) is 11.4 Å². The van der Waals surface area contributed by atoms with E-state index in [2.05, 4.69) is 31.2 Å². The maximum absolute atomic E-state index is 13.4. The molecule has 0 aliphatic heterocycles. The second-order valence-electron chi connectivity index (χ2n) is 5.03. The third kappa shape index (κ3) is 3.86. The van der Waals surface area contributed by atoms with E-state index in [0.717, 1.165) is 35.2 Å². The van der Waals surface area contributed by atoms with Crippen LogP contribution in [0, 0.1) is 19.7 Å². The first-order chi connectivity index (χ1) is 10.0. The Bertz CT molecular complexity index is 620. The van der Waals surface area contributed by atoms with E-state index in [4.69, 9.17) is 0 Å². The second kappa shape index (κ2) is 7.09. The van der Waals surface area contributed by atoms with Crippen LogP contribution in [0.4, 0.5) is 4.39 Å². The van der Waals surface area contributed by atoms with Gasteiger partial charge in [-0.1, -0.05) is 15.9 Å². The number of aryl methyl sites for hydroxylation is 2. The van der Waals surface area contributed by atoms with Crippen LogP contribution in [0.5, 0.6) is 0 Å². The molecule has 112 valence electrons. The Morgan fingerprint density at radius 2 is 1.86 bits per heavy atom. The van der Waals surface area contributed by atoms with E-state index >= 15 is 0 Å². The third-order valence-electron chi connectivity index (χ3n) is 3.44. The number of halogens is 2. The van der Waals surface area contributed by atoms with E-state index in [1.165, 1.54) is 17.7 Å². The average molecular weight is 352 g/mol. The molecule has 0 saturated heterocycles. The first kappa shape index (κ1) is 16.0. The highest BCUT2D eigenvalue weighted by molar-refractivity contribution is 9.10. The predicted octanol–water partition coefficient (Wildman–Crippen LogP) is 3.81. The Morgan fingerprint density at radius 1 is 1.19 bits per heavy atom. The van der Waals surface area contributed by atoms with Crippen LogP contribution in [0.25, 0.3) is 11.4 Å². The zero-order valence-electron chi connectivity index (χ0n) is 12.5. The van der Waals surface area contributed by atoms with Gasteiger partial charge in [0.25, 0.3) is 0 Å². The highest BCUT2D eigenvalue weighted by Crippen LogP contribution is 2.27. The molecule has 0 fully saturated rings. The van der Waals surface area contributed by atoms with Gasteiger partial charge in [0.05, 0.1) is 0 Å². The summed E-state index contributed by atoms with van der Waals surface area (Å²) in [7, 11) is 1.95. The first-order valence-electron chi connectivity index (χ1n) is 6.97. The van der Waals surface area contributed by atoms with Crippen LogP contribution < -0.4 is 5.32 Å². The van der Waals surface area contributed by atoms with E-state index < -0.39 is 0 Å². The summed E-state index contributed by atoms with van der Waals surface area (Å²) < 4.78 is 14.2. The molecule has 0 spiro atoms. The molecule has 0 aliphatic rings. The smallest absolute Gasteiger partial charge is 0.160 e. The summed E-state index contributed by atoms with van der Waals surface area (Å²) in [5, 5.41) is 3.14. The molecule has 0 bridgehead atoms. The quantitative estimate of drug-likeness (QED) is 0.832. The molecule has 0 atom stereocenters. The largest absolute Gasteiger partial charge is 0.320 e. The molecule has 2 aromatic rings. The topological polar surface area (TPSA) is 37.8 Å². The van der Waals surface area contributed by atoms with Crippen molar-refractivity contribution in [1.82, 2.24) is 15.3 Å². The fourth-order valence-corrected chi connectivity index (χ4v) is 2.76. The Balaban J connectivity index is 2.37. The minimum atomic E-state index is -0.287. The summed E-state index contributed by atoms with van der Waals surface area (Å²) in [4.78, 5) is 9.11. The average Bonchev–Trinajstić information content (AvgIpc) is 2.44. The van der Waals surface area contributed by atoms with Crippen molar-refractivity contribution < 1.29 is 4.39 Å². The van der Waals surface area contributed by atoms with Crippen LogP contribution in [-0.4, -0.2) is 23.6 Å². The van der Waals surface area contributed by atoms with Crippen molar-refractivity contribution in [3.63, 3.8) is 0 Å². The lowest BCUT2D eigenvalue weighted by Crippen LogP contribution is -2.10. The second-order valence-corrected chi connectivity index (χ2v) is 5.88. The summed E-state index contributed by atoms with van der Waals surface area (Å²) in [5.41, 5.74) is 3.79. The Kier molecular flexibility index (Phi) is 5.42. The summed E-state index contributed by atoms with van der Waals surface area (Å²) >= 11 is 3.43. The van der Waals surface area contributed by atoms with Gasteiger partial charge in [0.1, 0.15) is 5.82 Å². The molecule has 0 aliphatic carbocycles. The standard InChI is InChI=1S/C16H19BrFN3/c1-10-13(5-4-8-19-3)11(2)21-16(20-10)14-9-12(18)6-7-15(14)17/h6-7,9,19H,4-5,8H2,1-3H3. The SMILES string of the molecule is CNCCCc1c(C)nc(-c2cc(F)ccc2Br)nc1C. The molecule has 0 radical (unpaired) electrons. The van der Waals surface area contributed by atoms with Crippen LogP contribution in [0.2, 0.25) is 0 Å². The molecule has 5 heteroatoms. The van der Waals surface area contributed by atoms with Crippen LogP contribution in [0.15, 0.2) is 22.7 Å². The van der Waals surface area contributed by atoms with Crippen molar-refractivity contribution in [3.05, 3.63) is 45.4 Å². The molecule has 0 saturated carbocycles. The molecular weight excluding hydrogens is 333 g/mol. The van der Waals surface area contributed by atoms with Gasteiger partial charge in [-0.3, -0.25) is 0 Å². The number of hydrogen-bond acceptors (Lipinski definition) is 3. The zero-order valence-corrected chi connectivity index (χ0v) is 14.1. The normalized spacial score (nSPS) is 10.9. The lowest BCUT2D eigenvalue weighted by Gasteiger charge is -2.12. The van der Waals surface area contributed by atoms with Gasteiger partial charge < -0.3 is 5.32 Å². The van der Waals surface area contributed by atoms with Gasteiger partial charge in [0, 0.05) is 21.4 Å². The number of nitrogens with one attached hydrogen (secondary N) is 1. The lowest BCUT2D eigenvalue weighted by atomic mass is 10.1. The number of benzene rings is 1. The van der Waals surface area contributed by atoms with Gasteiger partial charge in [-0.05, 0) is 64.0 Å². The van der Waals surface area contributed by atoms with Crippen LogP contribution in [-0.2, 0) is 6.42 Å². The Hall–Kier alpha value is -1.33. The molecule has 3 nitrogen and oxygen atoms in total. The maximum atomic E-state index is 13.4. The highest BCUT2D eigenvalue weighted by Gasteiger charge is 2.12. The minimum absolute atomic E-state index is 0.287. The van der Waals surface area contributed by atoms with Gasteiger partial charge in [-0.25, -0.2) is 14.4 Å². The van der Waals surface area contributed by atoms with E-state index in [-0.39, 0.29) is 5.82 Å². The summed E-state index contributed by atoms with van der Waals surface area (Å²) in [6.07, 6.45) is 1.99. The maximum Gasteiger partial charge on any atom is 0.160 e. The Morgan fingerprint density at radius 3 is 2.48 bits per heavy atom. The summed E-state index contributed by atoms with van der Waals surface area (Å²) in [5.74, 6) is 0.277. The summed E-state index contributed by atoms with van der Waals surface area (Å²) in [6, 6.07) is 4.55. The van der Waals surface area contributed by atoms with Crippen molar-refractivity contribution in [2.75, 3.05) is 13.6 Å². The van der Waals surface area contributed by atoms with Gasteiger partial charge in [-0.15, -0.1) is 0 Å². The summed E-state index contributed by atoms with van der Waals surface area (Å²) in [6.45, 7) is 4.94. The molecular formula is C16H19BrFN3. The minimum Gasteiger partial charge on any atom is -0.320 e. The van der Waals surface area contributed by atoms with Crippen LogP contribution >= 0.6 is 15.9 Å². The number of rotatable bonds is 5. The fourth-order valence-electron chi connectivity index (χ4n) is 2.33. The number of aromatic nitrogens is 2. The van der Waals surface area contributed by atoms with Gasteiger partial charge in [0.2, 0.25) is 0 Å². The van der Waals surface area contributed by atoms with Crippen molar-refractivity contribution >= 4 is 15.9 Å². The third-order valence-corrected chi connectivity index (χ3v) is 4.14. The lowest BCUT2D eigenvalue weighted by molar-refractivity contribution is 0.628. The molecule has 1 N–H and O–H groups in total. The van der Waals surface area contributed by atoms with Crippen LogP contribution in [0.1, 0.15) is 23.4 Å². The van der Waals surface area contributed by atoms with Crippen LogP contribution in [0.3, 0.4) is 0 Å². The molecule has 1 aromatic carbocycles. The number of nitrogens with zero attached hydrogens (tertiary/aromatic N) is 2. The van der Waals surface area contributed by atoms with Gasteiger partial charge in [-0.2, -0.15) is 0 Å². The molecule has 1 heterocycles. The number of hydrogen-bond donors (Lipinski definition) is 1. The molecule has 0 amide bonds. The van der Waals surface area contributed by atoms with Crippen molar-refractivity contribution in [2.24, 2.45) is 0 Å². The van der Waals surface area contributed by atoms with Crippen molar-refractivity contribution in [1.29, 1.82) is 0 Å². The molecule has 21 heavy (non-hydrogen) atoms. The highest BCUT2D eigenvalue weighted by atomic mass is 79.9. The zero-order chi connectivity index (χ0) is 15.4. The van der Waals surface area contributed by atoms with Crippen molar-refractivity contribution in [3.8, 4) is 11.4 Å². The van der Waals surface area contributed by atoms with Crippen molar-refractivity contribution in [2.45, 2.75) is 26.7 Å². The predicted molar refractivity (Wildman–Crippen MR) is 86.8 cm³/mol. The van der Waals surface area contributed by atoms with Gasteiger partial charge in [0.15, 0.2) is 5.82 Å². The van der Waals surface area contributed by atoms with E-state index in [1.807, 2.05) is 20.9 Å². The molecule has 0 unspecified atom stereocenters. The molecule has 1 aromatic heterocycles. The van der Waals surface area contributed by atoms with Gasteiger partial charge >= 0.3 is 0 Å². The fraction of sp³-hybridized carbons (Fsp3) is 0.375. The Labute approximate surface area is 133 Å². The molecule has 2 rings (SSSR count). The first-order valence-corrected chi connectivity index (χ1v) is 7.76. The van der Waals surface area contributed by atoms with E-state index in [9.17, 15) is 4.39 Å². The van der Waals surface area contributed by atoms with E-state index in [1.54, 1.807) is 6.07 Å². The monoisotopic (exact) mass is 351 g/mol.